The predicted molar refractivity (Wildman–Crippen MR) is 87.6 cm³/mol. The predicted octanol–water partition coefficient (Wildman–Crippen LogP) is 3.76. The Hall–Kier alpha value is -2.14. The number of rotatable bonds is 2. The van der Waals surface area contributed by atoms with E-state index in [1.807, 2.05) is 29.5 Å². The van der Waals surface area contributed by atoms with Crippen LogP contribution in [0.3, 0.4) is 0 Å². The van der Waals surface area contributed by atoms with Gasteiger partial charge in [-0.3, -0.25) is 0 Å². The molecule has 0 fully saturated rings. The van der Waals surface area contributed by atoms with Crippen LogP contribution in [-0.4, -0.2) is 9.97 Å². The molecule has 1 aromatic carbocycles. The van der Waals surface area contributed by atoms with Gasteiger partial charge in [0.05, 0.1) is 11.6 Å². The maximum absolute atomic E-state index is 5.83. The molecular weight excluding hydrogens is 280 g/mol. The fraction of sp³-hybridized carbons (Fsp3) is 0.250. The Morgan fingerprint density at radius 1 is 1.24 bits per heavy atom. The van der Waals surface area contributed by atoms with Crippen LogP contribution in [0.4, 0.5) is 11.5 Å². The number of benzene rings is 1. The fourth-order valence-corrected chi connectivity index (χ4v) is 3.98. The van der Waals surface area contributed by atoms with Crippen LogP contribution in [-0.2, 0) is 6.42 Å². The average molecular weight is 296 g/mol. The molecule has 5 heteroatoms. The van der Waals surface area contributed by atoms with Gasteiger partial charge in [-0.25, -0.2) is 9.97 Å². The minimum Gasteiger partial charge on any atom is -0.399 e. The Bertz CT molecular complexity index is 796. The third kappa shape index (κ3) is 2.23. The third-order valence-electron chi connectivity index (χ3n) is 4.02. The van der Waals surface area contributed by atoms with Gasteiger partial charge in [-0.15, -0.1) is 11.3 Å². The van der Waals surface area contributed by atoms with E-state index in [2.05, 4.69) is 26.7 Å². The number of nitrogens with two attached hydrogens (primary N) is 1. The number of nitrogen functional groups attached to an aromatic ring is 1. The second-order valence-corrected chi connectivity index (χ2v) is 6.39. The SMILES string of the molecule is Nc1ccc2c(NC3CCCc4sccc43)ncnc2c1. The molecule has 0 saturated heterocycles. The van der Waals surface area contributed by atoms with E-state index in [0.29, 0.717) is 6.04 Å². The molecule has 21 heavy (non-hydrogen) atoms. The van der Waals surface area contributed by atoms with Crippen LogP contribution >= 0.6 is 11.3 Å². The van der Waals surface area contributed by atoms with E-state index in [9.17, 15) is 0 Å². The first-order valence-corrected chi connectivity index (χ1v) is 8.02. The van der Waals surface area contributed by atoms with E-state index in [4.69, 9.17) is 5.73 Å². The Balaban J connectivity index is 1.73. The molecule has 0 saturated carbocycles. The summed E-state index contributed by atoms with van der Waals surface area (Å²) in [5, 5.41) is 6.81. The quantitative estimate of drug-likeness (QED) is 0.707. The first kappa shape index (κ1) is 12.6. The summed E-state index contributed by atoms with van der Waals surface area (Å²) in [7, 11) is 0. The molecule has 1 aliphatic carbocycles. The number of thiophene rings is 1. The van der Waals surface area contributed by atoms with Crippen molar-refractivity contribution in [3.63, 3.8) is 0 Å². The molecule has 1 unspecified atom stereocenters. The number of hydrogen-bond donors (Lipinski definition) is 2. The van der Waals surface area contributed by atoms with Gasteiger partial charge < -0.3 is 11.1 Å². The van der Waals surface area contributed by atoms with Gasteiger partial charge in [0.1, 0.15) is 12.1 Å². The second kappa shape index (κ2) is 5.00. The molecule has 106 valence electrons. The number of aromatic nitrogens is 2. The van der Waals surface area contributed by atoms with Crippen LogP contribution in [0.5, 0.6) is 0 Å². The largest absolute Gasteiger partial charge is 0.399 e. The van der Waals surface area contributed by atoms with Gasteiger partial charge in [0, 0.05) is 16.0 Å². The van der Waals surface area contributed by atoms with Crippen molar-refractivity contribution in [2.45, 2.75) is 25.3 Å². The van der Waals surface area contributed by atoms with Crippen molar-refractivity contribution in [3.8, 4) is 0 Å². The average Bonchev–Trinajstić information content (AvgIpc) is 2.97. The van der Waals surface area contributed by atoms with Crippen molar-refractivity contribution < 1.29 is 0 Å². The first-order chi connectivity index (χ1) is 10.3. The van der Waals surface area contributed by atoms with E-state index >= 15 is 0 Å². The summed E-state index contributed by atoms with van der Waals surface area (Å²) in [6, 6.07) is 8.35. The molecule has 3 aromatic rings. The van der Waals surface area contributed by atoms with Crippen LogP contribution in [0.25, 0.3) is 10.9 Å². The molecule has 2 heterocycles. The first-order valence-electron chi connectivity index (χ1n) is 7.14. The van der Waals surface area contributed by atoms with Gasteiger partial charge in [0.25, 0.3) is 0 Å². The van der Waals surface area contributed by atoms with Crippen molar-refractivity contribution in [3.05, 3.63) is 46.4 Å². The Kier molecular flexibility index (Phi) is 3.00. The highest BCUT2D eigenvalue weighted by Crippen LogP contribution is 2.36. The van der Waals surface area contributed by atoms with Crippen molar-refractivity contribution in [1.29, 1.82) is 0 Å². The summed E-state index contributed by atoms with van der Waals surface area (Å²) in [5.74, 6) is 0.893. The van der Waals surface area contributed by atoms with Crippen LogP contribution in [0.1, 0.15) is 29.3 Å². The maximum atomic E-state index is 5.83. The third-order valence-corrected chi connectivity index (χ3v) is 5.02. The Morgan fingerprint density at radius 2 is 2.19 bits per heavy atom. The van der Waals surface area contributed by atoms with E-state index in [1.165, 1.54) is 23.3 Å². The number of hydrogen-bond acceptors (Lipinski definition) is 5. The summed E-state index contributed by atoms with van der Waals surface area (Å²) < 4.78 is 0. The van der Waals surface area contributed by atoms with Crippen molar-refractivity contribution in [1.82, 2.24) is 9.97 Å². The molecule has 1 atom stereocenters. The summed E-state index contributed by atoms with van der Waals surface area (Å²) >= 11 is 1.86. The van der Waals surface area contributed by atoms with Gasteiger partial charge in [-0.05, 0) is 54.5 Å². The molecule has 0 spiro atoms. The molecule has 0 radical (unpaired) electrons. The van der Waals surface area contributed by atoms with Crippen LogP contribution in [0.15, 0.2) is 36.0 Å². The molecule has 2 aromatic heterocycles. The van der Waals surface area contributed by atoms with Gasteiger partial charge in [-0.2, -0.15) is 0 Å². The molecule has 3 N–H and O–H groups in total. The van der Waals surface area contributed by atoms with E-state index in [-0.39, 0.29) is 0 Å². The second-order valence-electron chi connectivity index (χ2n) is 5.39. The molecule has 4 nitrogen and oxygen atoms in total. The highest BCUT2D eigenvalue weighted by Gasteiger charge is 2.21. The number of nitrogens with one attached hydrogen (secondary N) is 1. The maximum Gasteiger partial charge on any atom is 0.137 e. The van der Waals surface area contributed by atoms with Gasteiger partial charge in [0.15, 0.2) is 0 Å². The normalized spacial score (nSPS) is 17.6. The number of aryl methyl sites for hydroxylation is 1. The molecule has 0 bridgehead atoms. The molecule has 1 aliphatic rings. The topological polar surface area (TPSA) is 63.8 Å². The summed E-state index contributed by atoms with van der Waals surface area (Å²) in [5.41, 5.74) is 8.86. The number of fused-ring (bicyclic) bond motifs is 2. The van der Waals surface area contributed by atoms with Gasteiger partial charge in [-0.1, -0.05) is 0 Å². The lowest BCUT2D eigenvalue weighted by molar-refractivity contribution is 0.607. The zero-order chi connectivity index (χ0) is 14.2. The molecule has 0 aliphatic heterocycles. The lowest BCUT2D eigenvalue weighted by Crippen LogP contribution is -2.16. The highest BCUT2D eigenvalue weighted by molar-refractivity contribution is 7.10. The highest BCUT2D eigenvalue weighted by atomic mass is 32.1. The lowest BCUT2D eigenvalue weighted by Gasteiger charge is -2.24. The van der Waals surface area contributed by atoms with Crippen molar-refractivity contribution in [2.24, 2.45) is 0 Å². The summed E-state index contributed by atoms with van der Waals surface area (Å²) in [6.07, 6.45) is 5.17. The van der Waals surface area contributed by atoms with Crippen molar-refractivity contribution >= 4 is 33.7 Å². The smallest absolute Gasteiger partial charge is 0.137 e. The zero-order valence-corrected chi connectivity index (χ0v) is 12.4. The van der Waals surface area contributed by atoms with E-state index in [0.717, 1.165) is 28.8 Å². The van der Waals surface area contributed by atoms with Gasteiger partial charge >= 0.3 is 0 Å². The Morgan fingerprint density at radius 3 is 3.14 bits per heavy atom. The summed E-state index contributed by atoms with van der Waals surface area (Å²) in [4.78, 5) is 10.2. The molecule has 0 amide bonds. The number of nitrogens with zero attached hydrogens (tertiary/aromatic N) is 2. The monoisotopic (exact) mass is 296 g/mol. The fourth-order valence-electron chi connectivity index (χ4n) is 2.99. The summed E-state index contributed by atoms with van der Waals surface area (Å²) in [6.45, 7) is 0. The van der Waals surface area contributed by atoms with E-state index < -0.39 is 0 Å². The van der Waals surface area contributed by atoms with Crippen LogP contribution in [0, 0.1) is 0 Å². The van der Waals surface area contributed by atoms with Gasteiger partial charge in [0.2, 0.25) is 0 Å². The molecular formula is C16H16N4S. The zero-order valence-electron chi connectivity index (χ0n) is 11.5. The minimum absolute atomic E-state index is 0.343. The number of anilines is 2. The lowest BCUT2D eigenvalue weighted by atomic mass is 9.94. The molecule has 4 rings (SSSR count). The minimum atomic E-state index is 0.343. The standard InChI is InChI=1S/C16H16N4S/c17-10-4-5-12-14(8-10)18-9-19-16(12)20-13-2-1-3-15-11(13)6-7-21-15/h4-9,13H,1-3,17H2,(H,18,19,20). The Labute approximate surface area is 127 Å². The van der Waals surface area contributed by atoms with Crippen molar-refractivity contribution in [2.75, 3.05) is 11.1 Å². The van der Waals surface area contributed by atoms with E-state index in [1.54, 1.807) is 6.33 Å². The van der Waals surface area contributed by atoms with Crippen LogP contribution in [0.2, 0.25) is 0 Å². The van der Waals surface area contributed by atoms with Crippen LogP contribution < -0.4 is 11.1 Å².